The average molecular weight is 274 g/mol. The molecule has 0 fully saturated rings. The van der Waals surface area contributed by atoms with Gasteiger partial charge in [0, 0.05) is 6.54 Å². The number of pyridine rings is 1. The van der Waals surface area contributed by atoms with E-state index in [-0.39, 0.29) is 11.4 Å². The zero-order valence-corrected chi connectivity index (χ0v) is 10.8. The molecule has 1 heterocycles. The van der Waals surface area contributed by atoms with Gasteiger partial charge in [-0.05, 0) is 30.2 Å². The van der Waals surface area contributed by atoms with E-state index in [1.165, 1.54) is 24.4 Å². The highest BCUT2D eigenvalue weighted by molar-refractivity contribution is 5.98. The van der Waals surface area contributed by atoms with Gasteiger partial charge in [0.25, 0.3) is 5.91 Å². The van der Waals surface area contributed by atoms with Crippen LogP contribution in [0.4, 0.5) is 15.9 Å². The summed E-state index contributed by atoms with van der Waals surface area (Å²) in [4.78, 5) is 15.3. The van der Waals surface area contributed by atoms with Gasteiger partial charge in [-0.2, -0.15) is 0 Å². The Hall–Kier alpha value is -2.63. The van der Waals surface area contributed by atoms with Crippen molar-refractivity contribution in [2.45, 2.75) is 6.42 Å². The highest BCUT2D eigenvalue weighted by Gasteiger charge is 2.09. The molecular weight excluding hydrogens is 259 g/mol. The van der Waals surface area contributed by atoms with Crippen LogP contribution in [0.1, 0.15) is 15.9 Å². The Kier molecular flexibility index (Phi) is 4.14. The number of halogens is 1. The minimum Gasteiger partial charge on any atom is -0.397 e. The van der Waals surface area contributed by atoms with Gasteiger partial charge >= 0.3 is 0 Å². The smallest absolute Gasteiger partial charge is 0.252 e. The van der Waals surface area contributed by atoms with Crippen LogP contribution in [0.3, 0.4) is 0 Å². The molecule has 0 aliphatic heterocycles. The molecule has 0 spiro atoms. The van der Waals surface area contributed by atoms with E-state index in [0.717, 1.165) is 5.56 Å². The second kappa shape index (κ2) is 6.01. The van der Waals surface area contributed by atoms with Crippen LogP contribution in [0.25, 0.3) is 0 Å². The molecule has 0 aliphatic carbocycles. The molecule has 6 heteroatoms. The molecule has 5 N–H and O–H groups in total. The molecule has 0 saturated heterocycles. The SMILES string of the molecule is NC(=O)c1cc(N)cnc1NCCc1ccc(F)cc1. The Bertz CT molecular complexity index is 613. The second-order valence-corrected chi connectivity index (χ2v) is 4.33. The zero-order chi connectivity index (χ0) is 14.5. The molecule has 0 radical (unpaired) electrons. The van der Waals surface area contributed by atoms with E-state index in [4.69, 9.17) is 11.5 Å². The first-order valence-electron chi connectivity index (χ1n) is 6.10. The van der Waals surface area contributed by atoms with Gasteiger partial charge < -0.3 is 16.8 Å². The number of hydrogen-bond donors (Lipinski definition) is 3. The molecule has 2 rings (SSSR count). The summed E-state index contributed by atoms with van der Waals surface area (Å²) in [6, 6.07) is 7.72. The molecule has 5 nitrogen and oxygen atoms in total. The van der Waals surface area contributed by atoms with Gasteiger partial charge in [0.1, 0.15) is 11.6 Å². The fourth-order valence-electron chi connectivity index (χ4n) is 1.79. The predicted molar refractivity (Wildman–Crippen MR) is 75.8 cm³/mol. The number of carbonyl (C=O) groups is 1. The minimum atomic E-state index is -0.589. The summed E-state index contributed by atoms with van der Waals surface area (Å²) >= 11 is 0. The first-order chi connectivity index (χ1) is 9.56. The number of rotatable bonds is 5. The highest BCUT2D eigenvalue weighted by atomic mass is 19.1. The third kappa shape index (κ3) is 3.44. The molecule has 1 aromatic carbocycles. The number of aromatic nitrogens is 1. The second-order valence-electron chi connectivity index (χ2n) is 4.33. The molecule has 20 heavy (non-hydrogen) atoms. The third-order valence-electron chi connectivity index (χ3n) is 2.79. The number of nitrogens with one attached hydrogen (secondary N) is 1. The lowest BCUT2D eigenvalue weighted by Crippen LogP contribution is -2.17. The monoisotopic (exact) mass is 274 g/mol. The van der Waals surface area contributed by atoms with Crippen molar-refractivity contribution in [1.82, 2.24) is 4.98 Å². The van der Waals surface area contributed by atoms with Crippen molar-refractivity contribution in [2.75, 3.05) is 17.6 Å². The Morgan fingerprint density at radius 1 is 1.30 bits per heavy atom. The Morgan fingerprint density at radius 2 is 2.00 bits per heavy atom. The fourth-order valence-corrected chi connectivity index (χ4v) is 1.79. The fraction of sp³-hybridized carbons (Fsp3) is 0.143. The van der Waals surface area contributed by atoms with Crippen molar-refractivity contribution >= 4 is 17.4 Å². The van der Waals surface area contributed by atoms with E-state index in [1.54, 1.807) is 12.1 Å². The molecule has 0 bridgehead atoms. The van der Waals surface area contributed by atoms with Gasteiger partial charge in [-0.1, -0.05) is 12.1 Å². The summed E-state index contributed by atoms with van der Waals surface area (Å²) in [6.45, 7) is 0.544. The first kappa shape index (κ1) is 13.8. The summed E-state index contributed by atoms with van der Waals surface area (Å²) in [6.07, 6.45) is 2.12. The van der Waals surface area contributed by atoms with Gasteiger partial charge in [-0.3, -0.25) is 4.79 Å². The number of primary amides is 1. The number of nitrogens with two attached hydrogens (primary N) is 2. The van der Waals surface area contributed by atoms with Crippen molar-refractivity contribution in [3.8, 4) is 0 Å². The molecule has 0 saturated carbocycles. The lowest BCUT2D eigenvalue weighted by molar-refractivity contribution is 0.100. The average Bonchev–Trinajstić information content (AvgIpc) is 2.42. The van der Waals surface area contributed by atoms with Crippen molar-refractivity contribution < 1.29 is 9.18 Å². The van der Waals surface area contributed by atoms with Crippen molar-refractivity contribution in [1.29, 1.82) is 0 Å². The summed E-state index contributed by atoms with van der Waals surface area (Å²) in [5.74, 6) is -0.458. The molecule has 0 unspecified atom stereocenters. The molecule has 2 aromatic rings. The lowest BCUT2D eigenvalue weighted by Gasteiger charge is -2.09. The van der Waals surface area contributed by atoms with Crippen LogP contribution >= 0.6 is 0 Å². The number of hydrogen-bond acceptors (Lipinski definition) is 4. The van der Waals surface area contributed by atoms with Crippen molar-refractivity contribution in [2.24, 2.45) is 5.73 Å². The third-order valence-corrected chi connectivity index (χ3v) is 2.79. The Morgan fingerprint density at radius 3 is 2.65 bits per heavy atom. The Labute approximate surface area is 115 Å². The van der Waals surface area contributed by atoms with Gasteiger partial charge in [-0.15, -0.1) is 0 Å². The molecular formula is C14H15FN4O. The van der Waals surface area contributed by atoms with Gasteiger partial charge in [0.2, 0.25) is 0 Å². The maximum Gasteiger partial charge on any atom is 0.252 e. The number of benzene rings is 1. The quantitative estimate of drug-likeness (QED) is 0.771. The number of nitrogens with zero attached hydrogens (tertiary/aromatic N) is 1. The standard InChI is InChI=1S/C14H15FN4O/c15-10-3-1-9(2-4-10)5-6-18-14-12(13(17)20)7-11(16)8-19-14/h1-4,7-8H,5-6,16H2,(H2,17,20)(H,18,19). The van der Waals surface area contributed by atoms with Crippen molar-refractivity contribution in [3.63, 3.8) is 0 Å². The molecule has 1 aromatic heterocycles. The van der Waals surface area contributed by atoms with Crippen LogP contribution in [0, 0.1) is 5.82 Å². The first-order valence-corrected chi connectivity index (χ1v) is 6.10. The summed E-state index contributed by atoms with van der Waals surface area (Å²) in [5.41, 5.74) is 12.4. The minimum absolute atomic E-state index is 0.254. The lowest BCUT2D eigenvalue weighted by atomic mass is 10.1. The maximum absolute atomic E-state index is 12.8. The van der Waals surface area contributed by atoms with E-state index in [1.807, 2.05) is 0 Å². The van der Waals surface area contributed by atoms with Gasteiger partial charge in [0.15, 0.2) is 0 Å². The van der Waals surface area contributed by atoms with E-state index in [0.29, 0.717) is 24.5 Å². The summed E-state index contributed by atoms with van der Waals surface area (Å²) in [5, 5.41) is 3.02. The van der Waals surface area contributed by atoms with E-state index in [9.17, 15) is 9.18 Å². The van der Waals surface area contributed by atoms with Crippen LogP contribution in [0.2, 0.25) is 0 Å². The van der Waals surface area contributed by atoms with E-state index < -0.39 is 5.91 Å². The van der Waals surface area contributed by atoms with Gasteiger partial charge in [0.05, 0.1) is 17.4 Å². The van der Waals surface area contributed by atoms with Crippen LogP contribution in [0.5, 0.6) is 0 Å². The number of amides is 1. The van der Waals surface area contributed by atoms with Crippen LogP contribution in [0.15, 0.2) is 36.5 Å². The van der Waals surface area contributed by atoms with Crippen LogP contribution in [-0.4, -0.2) is 17.4 Å². The van der Waals surface area contributed by atoms with Crippen LogP contribution < -0.4 is 16.8 Å². The number of anilines is 2. The number of nitrogen functional groups attached to an aromatic ring is 1. The topological polar surface area (TPSA) is 94.0 Å². The number of carbonyl (C=O) groups excluding carboxylic acids is 1. The highest BCUT2D eigenvalue weighted by Crippen LogP contribution is 2.15. The zero-order valence-electron chi connectivity index (χ0n) is 10.8. The normalized spacial score (nSPS) is 10.2. The molecule has 0 atom stereocenters. The molecule has 1 amide bonds. The maximum atomic E-state index is 12.8. The van der Waals surface area contributed by atoms with Crippen molar-refractivity contribution in [3.05, 3.63) is 53.5 Å². The Balaban J connectivity index is 2.00. The van der Waals surface area contributed by atoms with E-state index >= 15 is 0 Å². The summed E-state index contributed by atoms with van der Waals surface area (Å²) in [7, 11) is 0. The van der Waals surface area contributed by atoms with Gasteiger partial charge in [-0.25, -0.2) is 9.37 Å². The molecule has 0 aliphatic rings. The largest absolute Gasteiger partial charge is 0.397 e. The van der Waals surface area contributed by atoms with Crippen LogP contribution in [-0.2, 0) is 6.42 Å². The molecule has 104 valence electrons. The van der Waals surface area contributed by atoms with E-state index in [2.05, 4.69) is 10.3 Å². The predicted octanol–water partition coefficient (Wildman–Crippen LogP) is 1.56. The summed E-state index contributed by atoms with van der Waals surface area (Å²) < 4.78 is 12.8.